The largest absolute Gasteiger partial charge is 0.456 e. The number of esters is 1. The molecule has 1 unspecified atom stereocenters. The van der Waals surface area contributed by atoms with Gasteiger partial charge in [-0.2, -0.15) is 0 Å². The number of fused-ring (bicyclic) bond motifs is 3. The third-order valence-corrected chi connectivity index (χ3v) is 5.26. The molecule has 6 heteroatoms. The Hall–Kier alpha value is -1.17. The van der Waals surface area contributed by atoms with Crippen LogP contribution in [0.5, 0.6) is 0 Å². The molecule has 3 aliphatic rings. The fourth-order valence-electron chi connectivity index (χ4n) is 3.28. The minimum absolute atomic E-state index is 0.181. The third kappa shape index (κ3) is 2.78. The minimum atomic E-state index is -0.526. The number of nitrogens with zero attached hydrogens (tertiary/aromatic N) is 2. The Bertz CT molecular complexity index is 518. The van der Waals surface area contributed by atoms with Gasteiger partial charge in [-0.1, -0.05) is 41.9 Å². The molecule has 21 heavy (non-hydrogen) atoms. The smallest absolute Gasteiger partial charge is 0.371 e. The van der Waals surface area contributed by atoms with Gasteiger partial charge >= 0.3 is 5.97 Å². The van der Waals surface area contributed by atoms with Crippen molar-refractivity contribution in [3.8, 4) is 0 Å². The number of rotatable bonds is 4. The minimum Gasteiger partial charge on any atom is -0.456 e. The first-order valence-electron chi connectivity index (χ1n) is 7.25. The van der Waals surface area contributed by atoms with Crippen molar-refractivity contribution < 1.29 is 23.2 Å². The van der Waals surface area contributed by atoms with Crippen LogP contribution in [0, 0.1) is 0 Å². The van der Waals surface area contributed by atoms with E-state index in [9.17, 15) is 9.28 Å². The van der Waals surface area contributed by atoms with E-state index in [2.05, 4.69) is 0 Å². The number of benzene rings is 1. The highest BCUT2D eigenvalue weighted by Gasteiger charge is 2.60. The van der Waals surface area contributed by atoms with Crippen LogP contribution in [0.4, 0.5) is 4.48 Å². The molecule has 4 nitrogen and oxygen atoms in total. The Kier molecular flexibility index (Phi) is 3.90. The van der Waals surface area contributed by atoms with E-state index in [1.165, 1.54) is 0 Å². The number of quaternary nitrogens is 2. The van der Waals surface area contributed by atoms with Crippen LogP contribution in [0.3, 0.4) is 0 Å². The number of carbonyl (C=O) groups is 1. The predicted octanol–water partition coefficient (Wildman–Crippen LogP) is 1.84. The summed E-state index contributed by atoms with van der Waals surface area (Å²) >= 11 is 6.10. The van der Waals surface area contributed by atoms with Crippen molar-refractivity contribution in [1.29, 1.82) is 0 Å². The van der Waals surface area contributed by atoms with Crippen LogP contribution in [0.2, 0.25) is 0 Å². The first-order valence-corrected chi connectivity index (χ1v) is 7.78. The molecule has 3 fully saturated rings. The van der Waals surface area contributed by atoms with Gasteiger partial charge in [-0.3, -0.25) is 4.48 Å². The van der Waals surface area contributed by atoms with Crippen molar-refractivity contribution in [1.82, 2.24) is 0 Å². The van der Waals surface area contributed by atoms with E-state index in [0.29, 0.717) is 36.7 Å². The van der Waals surface area contributed by atoms with Crippen LogP contribution >= 0.6 is 11.6 Å². The van der Waals surface area contributed by atoms with Gasteiger partial charge < -0.3 is 4.74 Å². The number of halogens is 2. The standard InChI is InChI=1S/C15H20ClFN2O2/c16-12-18-6-8-19(17,9-7-18)10-14(18)15(20)21-11-13-4-2-1-3-5-13/h1-5,14H,6-12H2/q+2. The molecule has 1 aromatic rings. The number of carbonyl (C=O) groups excluding carboxylic acids is 1. The van der Waals surface area contributed by atoms with Crippen LogP contribution in [0.25, 0.3) is 0 Å². The Morgan fingerprint density at radius 3 is 2.52 bits per heavy atom. The van der Waals surface area contributed by atoms with E-state index in [-0.39, 0.29) is 19.1 Å². The molecule has 0 amide bonds. The summed E-state index contributed by atoms with van der Waals surface area (Å²) in [5.41, 5.74) is 0.934. The zero-order valence-corrected chi connectivity index (χ0v) is 12.6. The van der Waals surface area contributed by atoms with Gasteiger partial charge in [0, 0.05) is 0 Å². The van der Waals surface area contributed by atoms with Crippen LogP contribution in [0.15, 0.2) is 30.3 Å². The second-order valence-electron chi connectivity index (χ2n) is 6.05. The van der Waals surface area contributed by atoms with Crippen molar-refractivity contribution >= 4 is 17.6 Å². The number of alkyl halides is 1. The molecule has 0 spiro atoms. The Morgan fingerprint density at radius 1 is 1.24 bits per heavy atom. The molecule has 114 valence electrons. The van der Waals surface area contributed by atoms with Crippen molar-refractivity contribution in [2.45, 2.75) is 12.6 Å². The average Bonchev–Trinajstić information content (AvgIpc) is 2.54. The maximum atomic E-state index is 14.5. The van der Waals surface area contributed by atoms with E-state index in [1.54, 1.807) is 0 Å². The van der Waals surface area contributed by atoms with Gasteiger partial charge in [0.05, 0.1) is 0 Å². The normalized spacial score (nSPS) is 34.7. The maximum absolute atomic E-state index is 14.5. The van der Waals surface area contributed by atoms with Crippen molar-refractivity contribution in [2.75, 3.05) is 38.7 Å². The molecule has 1 atom stereocenters. The van der Waals surface area contributed by atoms with Crippen molar-refractivity contribution in [3.05, 3.63) is 35.9 Å². The van der Waals surface area contributed by atoms with Gasteiger partial charge in [0.1, 0.15) is 19.7 Å². The molecule has 2 bridgehead atoms. The summed E-state index contributed by atoms with van der Waals surface area (Å²) in [6.07, 6.45) is 0. The summed E-state index contributed by atoms with van der Waals surface area (Å²) < 4.78 is 19.8. The first kappa shape index (κ1) is 14.8. The van der Waals surface area contributed by atoms with Gasteiger partial charge in [0.2, 0.25) is 6.04 Å². The Labute approximate surface area is 128 Å². The molecular formula is C15H20ClFN2O2+2. The Morgan fingerprint density at radius 2 is 1.90 bits per heavy atom. The van der Waals surface area contributed by atoms with Crippen LogP contribution in [-0.4, -0.2) is 59.9 Å². The SMILES string of the molecule is O=C(OCc1ccccc1)C1C[N+]2(F)CC[N+]1(CCl)CC2. The lowest BCUT2D eigenvalue weighted by Gasteiger charge is -2.52. The lowest BCUT2D eigenvalue weighted by Crippen LogP contribution is -2.78. The third-order valence-electron chi connectivity index (χ3n) is 4.79. The first-order chi connectivity index (χ1) is 10.1. The Balaban J connectivity index is 1.68. The van der Waals surface area contributed by atoms with Crippen molar-refractivity contribution in [3.63, 3.8) is 0 Å². The molecule has 0 aromatic heterocycles. The summed E-state index contributed by atoms with van der Waals surface area (Å²) in [5.74, 6) is -0.334. The molecule has 3 saturated heterocycles. The highest BCUT2D eigenvalue weighted by Crippen LogP contribution is 2.33. The molecule has 0 saturated carbocycles. The number of ether oxygens (including phenoxy) is 1. The molecular weight excluding hydrogens is 295 g/mol. The molecule has 0 radical (unpaired) electrons. The summed E-state index contributed by atoms with van der Waals surface area (Å²) in [7, 11) is 0. The summed E-state index contributed by atoms with van der Waals surface area (Å²) in [4.78, 5) is 12.4. The molecule has 3 heterocycles. The summed E-state index contributed by atoms with van der Waals surface area (Å²) in [6.45, 7) is 2.49. The topological polar surface area (TPSA) is 26.3 Å². The highest BCUT2D eigenvalue weighted by molar-refractivity contribution is 6.17. The molecule has 1 aromatic carbocycles. The van der Waals surface area contributed by atoms with Crippen molar-refractivity contribution in [2.24, 2.45) is 0 Å². The lowest BCUT2D eigenvalue weighted by molar-refractivity contribution is -1.15. The summed E-state index contributed by atoms with van der Waals surface area (Å²) in [5, 5.41) is 0. The number of hydrogen-bond acceptors (Lipinski definition) is 2. The zero-order chi connectivity index (χ0) is 14.9. The van der Waals surface area contributed by atoms with E-state index in [0.717, 1.165) is 5.56 Å². The van der Waals surface area contributed by atoms with Gasteiger partial charge in [0.15, 0.2) is 25.6 Å². The maximum Gasteiger partial charge on any atom is 0.371 e. The quantitative estimate of drug-likeness (QED) is 0.279. The summed E-state index contributed by atoms with van der Waals surface area (Å²) in [6, 6.07) is 9.36. The van der Waals surface area contributed by atoms with Gasteiger partial charge in [-0.15, -0.1) is 4.71 Å². The van der Waals surface area contributed by atoms with E-state index < -0.39 is 10.7 Å². The van der Waals surface area contributed by atoms with Gasteiger partial charge in [0.25, 0.3) is 0 Å². The molecule has 0 aliphatic carbocycles. The molecule has 3 aliphatic heterocycles. The van der Waals surface area contributed by atoms with Crippen LogP contribution < -0.4 is 0 Å². The van der Waals surface area contributed by atoms with Crippen LogP contribution in [-0.2, 0) is 16.1 Å². The van der Waals surface area contributed by atoms with Crippen LogP contribution in [0.1, 0.15) is 5.56 Å². The fourth-order valence-corrected chi connectivity index (χ4v) is 3.69. The van der Waals surface area contributed by atoms with E-state index in [4.69, 9.17) is 16.3 Å². The predicted molar refractivity (Wildman–Crippen MR) is 76.7 cm³/mol. The average molecular weight is 315 g/mol. The zero-order valence-electron chi connectivity index (χ0n) is 11.9. The monoisotopic (exact) mass is 314 g/mol. The highest BCUT2D eigenvalue weighted by atomic mass is 35.5. The fraction of sp³-hybridized carbons (Fsp3) is 0.533. The lowest BCUT2D eigenvalue weighted by atomic mass is 10.0. The van der Waals surface area contributed by atoms with E-state index >= 15 is 0 Å². The second kappa shape index (κ2) is 5.55. The van der Waals surface area contributed by atoms with Gasteiger partial charge in [-0.05, 0) is 10.0 Å². The molecule has 0 N–H and O–H groups in total. The second-order valence-corrected chi connectivity index (χ2v) is 6.29. The van der Waals surface area contributed by atoms with Gasteiger partial charge in [-0.25, -0.2) is 4.79 Å². The number of hydrogen-bond donors (Lipinski definition) is 0. The molecule has 4 rings (SSSR count). The number of piperazine rings is 3. The van der Waals surface area contributed by atoms with E-state index in [1.807, 2.05) is 30.3 Å².